The van der Waals surface area contributed by atoms with Crippen molar-refractivity contribution in [2.75, 3.05) is 0 Å². The second kappa shape index (κ2) is 1.73. The molecule has 9 atom stereocenters. The summed E-state index contributed by atoms with van der Waals surface area (Å²) in [6.07, 6.45) is 8.52. The van der Waals surface area contributed by atoms with Crippen molar-refractivity contribution in [3.05, 3.63) is 34.4 Å². The number of hydrogen-bond acceptors (Lipinski definition) is 0. The SMILES string of the molecule is CC12C3CC1C1CC2C2C4=CC5=C6C=C4C3C6(C)C512. The van der Waals surface area contributed by atoms with E-state index in [9.17, 15) is 0 Å². The zero-order valence-electron chi connectivity index (χ0n) is 11.5. The van der Waals surface area contributed by atoms with E-state index in [0.29, 0.717) is 10.8 Å². The molecule has 0 nitrogen and oxygen atoms in total. The van der Waals surface area contributed by atoms with Crippen molar-refractivity contribution >= 4 is 0 Å². The predicted octanol–water partition coefficient (Wildman–Crippen LogP) is 3.72. The van der Waals surface area contributed by atoms with Gasteiger partial charge < -0.3 is 0 Å². The third-order valence-electron chi connectivity index (χ3n) is 10.2. The van der Waals surface area contributed by atoms with Gasteiger partial charge in [-0.15, -0.1) is 0 Å². The maximum atomic E-state index is 2.70. The van der Waals surface area contributed by atoms with Crippen molar-refractivity contribution in [2.24, 2.45) is 51.8 Å². The van der Waals surface area contributed by atoms with Crippen LogP contribution >= 0.6 is 0 Å². The van der Waals surface area contributed by atoms with Gasteiger partial charge in [0, 0.05) is 10.8 Å². The third-order valence-corrected chi connectivity index (χ3v) is 10.2. The van der Waals surface area contributed by atoms with Crippen LogP contribution in [-0.4, -0.2) is 0 Å². The van der Waals surface area contributed by atoms with E-state index in [-0.39, 0.29) is 0 Å². The lowest BCUT2D eigenvalue weighted by molar-refractivity contribution is -0.108. The van der Waals surface area contributed by atoms with Crippen LogP contribution in [-0.2, 0) is 0 Å². The van der Waals surface area contributed by atoms with Crippen LogP contribution in [0.25, 0.3) is 0 Å². The smallest absolute Gasteiger partial charge is 0.0159 e. The summed E-state index contributed by atoms with van der Waals surface area (Å²) in [4.78, 5) is 0. The summed E-state index contributed by atoms with van der Waals surface area (Å²) in [6, 6.07) is 0. The quantitative estimate of drug-likeness (QED) is 0.611. The van der Waals surface area contributed by atoms with E-state index in [0.717, 1.165) is 40.9 Å². The second-order valence-electron chi connectivity index (χ2n) is 9.32. The van der Waals surface area contributed by atoms with Gasteiger partial charge >= 0.3 is 0 Å². The minimum absolute atomic E-state index is 0.589. The second-order valence-corrected chi connectivity index (χ2v) is 9.32. The standard InChI is InChI=1S/C19H18/c1-17-9-5-13(17)15-7-3-10-11-4-8(7)16-14(17)6-12(9)19(11,16)18(10,15)2/h3-4,9,12-16H,5-6H2,1-2H3. The van der Waals surface area contributed by atoms with Crippen molar-refractivity contribution in [2.45, 2.75) is 26.7 Å². The first-order valence-corrected chi connectivity index (χ1v) is 8.35. The lowest BCUT2D eigenvalue weighted by Gasteiger charge is -2.64. The maximum absolute atomic E-state index is 2.70. The van der Waals surface area contributed by atoms with Gasteiger partial charge in [-0.3, -0.25) is 0 Å². The Balaban J connectivity index is 1.69. The first-order valence-electron chi connectivity index (χ1n) is 8.35. The fraction of sp³-hybridized carbons (Fsp3) is 0.684. The summed E-state index contributed by atoms with van der Waals surface area (Å²) < 4.78 is 0. The Labute approximate surface area is 113 Å². The Hall–Kier alpha value is -0.780. The van der Waals surface area contributed by atoms with Crippen LogP contribution in [0.5, 0.6) is 0 Å². The third kappa shape index (κ3) is 0.397. The molecule has 7 saturated carbocycles. The van der Waals surface area contributed by atoms with Crippen LogP contribution in [0.2, 0.25) is 0 Å². The van der Waals surface area contributed by atoms with E-state index >= 15 is 0 Å². The summed E-state index contributed by atoms with van der Waals surface area (Å²) >= 11 is 0. The molecule has 11 bridgehead atoms. The molecular formula is C19H18. The molecule has 0 heteroatoms. The van der Waals surface area contributed by atoms with Gasteiger partial charge in [-0.2, -0.15) is 0 Å². The average Bonchev–Trinajstić information content (AvgIpc) is 2.94. The Morgan fingerprint density at radius 3 is 2.42 bits per heavy atom. The Kier molecular flexibility index (Phi) is 0.772. The van der Waals surface area contributed by atoms with Crippen molar-refractivity contribution < 1.29 is 0 Å². The normalized spacial score (nSPS) is 76.5. The molecule has 0 amide bonds. The molecular weight excluding hydrogens is 228 g/mol. The fourth-order valence-corrected chi connectivity index (χ4v) is 10.1. The minimum atomic E-state index is 0.589. The maximum Gasteiger partial charge on any atom is 0.0159 e. The summed E-state index contributed by atoms with van der Waals surface area (Å²) in [6.45, 7) is 5.39. The fourth-order valence-electron chi connectivity index (χ4n) is 10.1. The van der Waals surface area contributed by atoms with E-state index in [4.69, 9.17) is 0 Å². The number of hydrogen-bond donors (Lipinski definition) is 0. The molecule has 0 aromatic rings. The molecule has 19 heavy (non-hydrogen) atoms. The van der Waals surface area contributed by atoms with Gasteiger partial charge in [0.2, 0.25) is 0 Å². The van der Waals surface area contributed by atoms with Crippen LogP contribution in [0.1, 0.15) is 26.7 Å². The first kappa shape index (κ1) is 8.49. The molecule has 0 heterocycles. The van der Waals surface area contributed by atoms with E-state index in [1.165, 1.54) is 0 Å². The lowest BCUT2D eigenvalue weighted by atomic mass is 9.38. The van der Waals surface area contributed by atoms with E-state index in [2.05, 4.69) is 26.0 Å². The zero-order valence-corrected chi connectivity index (χ0v) is 11.5. The van der Waals surface area contributed by atoms with Crippen LogP contribution in [0.3, 0.4) is 0 Å². The molecule has 10 aliphatic rings. The monoisotopic (exact) mass is 246 g/mol. The molecule has 0 radical (unpaired) electrons. The zero-order chi connectivity index (χ0) is 12.1. The molecule has 0 saturated heterocycles. The van der Waals surface area contributed by atoms with E-state index in [1.54, 1.807) is 18.4 Å². The first-order chi connectivity index (χ1) is 9.16. The van der Waals surface area contributed by atoms with Crippen LogP contribution < -0.4 is 0 Å². The molecule has 7 fully saturated rings. The lowest BCUT2D eigenvalue weighted by Crippen LogP contribution is -2.59. The predicted molar refractivity (Wildman–Crippen MR) is 72.0 cm³/mol. The Bertz CT molecular complexity index is 761. The van der Waals surface area contributed by atoms with Gasteiger partial charge in [-0.1, -0.05) is 26.0 Å². The van der Waals surface area contributed by atoms with Crippen molar-refractivity contribution in [3.8, 4) is 0 Å². The molecule has 9 unspecified atom stereocenters. The van der Waals surface area contributed by atoms with Crippen LogP contribution in [0.4, 0.5) is 0 Å². The largest absolute Gasteiger partial charge is 0.0588 e. The van der Waals surface area contributed by atoms with Crippen molar-refractivity contribution in [3.63, 3.8) is 0 Å². The number of rotatable bonds is 0. The highest BCUT2D eigenvalue weighted by atomic mass is 14.9. The molecule has 94 valence electrons. The van der Waals surface area contributed by atoms with Gasteiger partial charge in [-0.05, 0) is 76.1 Å². The highest BCUT2D eigenvalue weighted by Gasteiger charge is 2.92. The molecule has 10 aliphatic carbocycles. The highest BCUT2D eigenvalue weighted by Crippen LogP contribution is 2.98. The van der Waals surface area contributed by atoms with Crippen molar-refractivity contribution in [1.29, 1.82) is 0 Å². The molecule has 0 aromatic carbocycles. The van der Waals surface area contributed by atoms with Crippen molar-refractivity contribution in [1.82, 2.24) is 0 Å². The molecule has 10 rings (SSSR count). The summed E-state index contributed by atoms with van der Waals surface area (Å²) in [7, 11) is 0. The van der Waals surface area contributed by atoms with Gasteiger partial charge in [0.15, 0.2) is 0 Å². The van der Waals surface area contributed by atoms with Crippen LogP contribution in [0, 0.1) is 51.8 Å². The van der Waals surface area contributed by atoms with Gasteiger partial charge in [0.05, 0.1) is 0 Å². The molecule has 0 N–H and O–H groups in total. The summed E-state index contributed by atoms with van der Waals surface area (Å²) in [5.74, 6) is 6.17. The molecule has 0 aromatic heterocycles. The van der Waals surface area contributed by atoms with E-state index in [1.807, 2.05) is 16.7 Å². The van der Waals surface area contributed by atoms with E-state index < -0.39 is 0 Å². The minimum Gasteiger partial charge on any atom is -0.0588 e. The topological polar surface area (TPSA) is 0 Å². The molecule has 1 spiro atoms. The Morgan fingerprint density at radius 1 is 0.842 bits per heavy atom. The van der Waals surface area contributed by atoms with Crippen LogP contribution in [0.15, 0.2) is 34.4 Å². The highest BCUT2D eigenvalue weighted by molar-refractivity contribution is 5.79. The van der Waals surface area contributed by atoms with Gasteiger partial charge in [-0.25, -0.2) is 0 Å². The summed E-state index contributed by atoms with van der Waals surface area (Å²) in [5, 5.41) is 0. The Morgan fingerprint density at radius 2 is 1.53 bits per heavy atom. The molecule has 0 aliphatic heterocycles. The number of allylic oxidation sites excluding steroid dienone is 6. The van der Waals surface area contributed by atoms with Gasteiger partial charge in [0.25, 0.3) is 0 Å². The summed E-state index contributed by atoms with van der Waals surface area (Å²) in [5.41, 5.74) is 9.33. The van der Waals surface area contributed by atoms with Gasteiger partial charge in [0.1, 0.15) is 0 Å². The average molecular weight is 246 g/mol.